The van der Waals surface area contributed by atoms with E-state index in [9.17, 15) is 5.11 Å². The Labute approximate surface area is 122 Å². The van der Waals surface area contributed by atoms with Crippen LogP contribution in [-0.2, 0) is 4.74 Å². The lowest BCUT2D eigenvalue weighted by molar-refractivity contribution is 0.0824. The Morgan fingerprint density at radius 2 is 1.75 bits per heavy atom. The molecule has 1 rings (SSSR count). The van der Waals surface area contributed by atoms with Crippen LogP contribution in [0.15, 0.2) is 24.3 Å². The Balaban J connectivity index is 2.60. The average Bonchev–Trinajstić information content (AvgIpc) is 2.44. The third-order valence-corrected chi connectivity index (χ3v) is 3.17. The second-order valence-electron chi connectivity index (χ2n) is 5.44. The number of aliphatic hydroxyl groups is 1. The van der Waals surface area contributed by atoms with Crippen LogP contribution in [0.1, 0.15) is 25.5 Å². The van der Waals surface area contributed by atoms with Gasteiger partial charge in [0.15, 0.2) is 0 Å². The maximum atomic E-state index is 10.3. The van der Waals surface area contributed by atoms with Gasteiger partial charge in [0.05, 0.1) is 19.8 Å². The topological polar surface area (TPSA) is 41.9 Å². The second-order valence-corrected chi connectivity index (χ2v) is 5.44. The Bertz CT molecular complexity index is 364. The molecule has 0 bridgehead atoms. The first-order chi connectivity index (χ1) is 9.56. The van der Waals surface area contributed by atoms with E-state index in [-0.39, 0.29) is 0 Å². The molecule has 20 heavy (non-hydrogen) atoms. The molecule has 4 nitrogen and oxygen atoms in total. The van der Waals surface area contributed by atoms with Crippen molar-refractivity contribution in [3.63, 3.8) is 0 Å². The second kappa shape index (κ2) is 8.95. The summed E-state index contributed by atoms with van der Waals surface area (Å²) in [6.07, 6.45) is -0.489. The van der Waals surface area contributed by atoms with Gasteiger partial charge in [-0.1, -0.05) is 26.0 Å². The molecule has 1 aromatic rings. The molecule has 0 saturated heterocycles. The molecule has 114 valence electrons. The first kappa shape index (κ1) is 17.0. The van der Waals surface area contributed by atoms with Gasteiger partial charge in [-0.3, -0.25) is 4.90 Å². The van der Waals surface area contributed by atoms with Gasteiger partial charge in [-0.05, 0) is 23.6 Å². The summed E-state index contributed by atoms with van der Waals surface area (Å²) in [4.78, 5) is 2.24. The minimum absolute atomic E-state index is 0.489. The molecule has 0 aliphatic heterocycles. The van der Waals surface area contributed by atoms with Gasteiger partial charge in [-0.2, -0.15) is 0 Å². The van der Waals surface area contributed by atoms with Crippen molar-refractivity contribution in [2.24, 2.45) is 5.92 Å². The third kappa shape index (κ3) is 5.90. The molecular weight excluding hydrogens is 254 g/mol. The number of hydrogen-bond donors (Lipinski definition) is 1. The van der Waals surface area contributed by atoms with Crippen LogP contribution < -0.4 is 4.74 Å². The van der Waals surface area contributed by atoms with Gasteiger partial charge < -0.3 is 14.6 Å². The maximum Gasteiger partial charge on any atom is 0.118 e. The van der Waals surface area contributed by atoms with Crippen LogP contribution in [0.5, 0.6) is 5.75 Å². The van der Waals surface area contributed by atoms with E-state index in [0.29, 0.717) is 19.1 Å². The highest BCUT2D eigenvalue weighted by Crippen LogP contribution is 2.18. The lowest BCUT2D eigenvalue weighted by Crippen LogP contribution is -2.34. The van der Waals surface area contributed by atoms with E-state index in [1.54, 1.807) is 14.2 Å². The Hall–Kier alpha value is -1.10. The van der Waals surface area contributed by atoms with E-state index in [0.717, 1.165) is 24.4 Å². The van der Waals surface area contributed by atoms with Crippen molar-refractivity contribution >= 4 is 0 Å². The summed E-state index contributed by atoms with van der Waals surface area (Å²) in [6.45, 7) is 7.45. The van der Waals surface area contributed by atoms with Gasteiger partial charge >= 0.3 is 0 Å². The average molecular weight is 281 g/mol. The molecule has 0 amide bonds. The smallest absolute Gasteiger partial charge is 0.118 e. The number of ether oxygens (including phenoxy) is 2. The first-order valence-corrected chi connectivity index (χ1v) is 7.10. The molecule has 0 radical (unpaired) electrons. The highest BCUT2D eigenvalue weighted by Gasteiger charge is 2.14. The van der Waals surface area contributed by atoms with Crippen molar-refractivity contribution in [1.29, 1.82) is 0 Å². The largest absolute Gasteiger partial charge is 0.497 e. The Morgan fingerprint density at radius 3 is 2.25 bits per heavy atom. The van der Waals surface area contributed by atoms with Crippen molar-refractivity contribution in [2.45, 2.75) is 20.0 Å². The maximum absolute atomic E-state index is 10.3. The van der Waals surface area contributed by atoms with Crippen LogP contribution in [0.2, 0.25) is 0 Å². The van der Waals surface area contributed by atoms with Crippen LogP contribution >= 0.6 is 0 Å². The van der Waals surface area contributed by atoms with Crippen LogP contribution in [0.4, 0.5) is 0 Å². The van der Waals surface area contributed by atoms with Crippen LogP contribution in [0, 0.1) is 5.92 Å². The van der Waals surface area contributed by atoms with Crippen molar-refractivity contribution in [3.05, 3.63) is 29.8 Å². The lowest BCUT2D eigenvalue weighted by atomic mass is 10.1. The summed E-state index contributed by atoms with van der Waals surface area (Å²) in [5.74, 6) is 1.37. The van der Waals surface area contributed by atoms with Crippen molar-refractivity contribution in [3.8, 4) is 5.75 Å². The molecule has 1 atom stereocenters. The number of hydrogen-bond acceptors (Lipinski definition) is 4. The summed E-state index contributed by atoms with van der Waals surface area (Å²) in [5, 5.41) is 10.3. The highest BCUT2D eigenvalue weighted by atomic mass is 16.5. The van der Waals surface area contributed by atoms with Crippen LogP contribution in [-0.4, -0.2) is 50.5 Å². The Morgan fingerprint density at radius 1 is 1.10 bits per heavy atom. The van der Waals surface area contributed by atoms with Gasteiger partial charge in [0, 0.05) is 26.7 Å². The lowest BCUT2D eigenvalue weighted by Gasteiger charge is -2.26. The summed E-state index contributed by atoms with van der Waals surface area (Å²) in [6, 6.07) is 7.57. The van der Waals surface area contributed by atoms with E-state index >= 15 is 0 Å². The van der Waals surface area contributed by atoms with Crippen molar-refractivity contribution in [1.82, 2.24) is 4.90 Å². The van der Waals surface area contributed by atoms with E-state index < -0.39 is 6.10 Å². The van der Waals surface area contributed by atoms with Crippen molar-refractivity contribution in [2.75, 3.05) is 40.5 Å². The van der Waals surface area contributed by atoms with Gasteiger partial charge in [-0.15, -0.1) is 0 Å². The van der Waals surface area contributed by atoms with E-state index in [2.05, 4.69) is 18.7 Å². The molecule has 0 aliphatic rings. The summed E-state index contributed by atoms with van der Waals surface area (Å²) in [7, 11) is 3.34. The molecule has 1 aromatic carbocycles. The molecule has 0 aliphatic carbocycles. The van der Waals surface area contributed by atoms with Crippen LogP contribution in [0.25, 0.3) is 0 Å². The van der Waals surface area contributed by atoms with Gasteiger partial charge in [-0.25, -0.2) is 0 Å². The van der Waals surface area contributed by atoms with Crippen molar-refractivity contribution < 1.29 is 14.6 Å². The molecule has 1 N–H and O–H groups in total. The fourth-order valence-electron chi connectivity index (χ4n) is 2.17. The summed E-state index contributed by atoms with van der Waals surface area (Å²) < 4.78 is 10.3. The van der Waals surface area contributed by atoms with Gasteiger partial charge in [0.25, 0.3) is 0 Å². The first-order valence-electron chi connectivity index (χ1n) is 7.10. The van der Waals surface area contributed by atoms with Gasteiger partial charge in [0.2, 0.25) is 0 Å². The number of nitrogens with zero attached hydrogens (tertiary/aromatic N) is 1. The molecule has 0 heterocycles. The van der Waals surface area contributed by atoms with E-state index in [4.69, 9.17) is 9.47 Å². The Kier molecular flexibility index (Phi) is 7.59. The molecule has 0 spiro atoms. The number of rotatable bonds is 9. The SMILES string of the molecule is COCCN(CC(C)C)CC(O)c1ccc(OC)cc1. The zero-order chi connectivity index (χ0) is 15.0. The standard InChI is InChI=1S/C16H27NO3/c1-13(2)11-17(9-10-19-3)12-16(18)14-5-7-15(20-4)8-6-14/h5-8,13,16,18H,9-12H2,1-4H3. The number of aliphatic hydroxyl groups excluding tert-OH is 1. The summed E-state index contributed by atoms with van der Waals surface area (Å²) in [5.41, 5.74) is 0.914. The fraction of sp³-hybridized carbons (Fsp3) is 0.625. The normalized spacial score (nSPS) is 12.9. The summed E-state index contributed by atoms with van der Waals surface area (Å²) >= 11 is 0. The quantitative estimate of drug-likeness (QED) is 0.754. The van der Waals surface area contributed by atoms with Crippen LogP contribution in [0.3, 0.4) is 0 Å². The van der Waals surface area contributed by atoms with E-state index in [1.807, 2.05) is 24.3 Å². The molecule has 4 heteroatoms. The molecule has 0 aromatic heterocycles. The third-order valence-electron chi connectivity index (χ3n) is 3.17. The van der Waals surface area contributed by atoms with E-state index in [1.165, 1.54) is 0 Å². The minimum atomic E-state index is -0.489. The minimum Gasteiger partial charge on any atom is -0.497 e. The predicted octanol–water partition coefficient (Wildman–Crippen LogP) is 2.33. The number of benzene rings is 1. The fourth-order valence-corrected chi connectivity index (χ4v) is 2.17. The monoisotopic (exact) mass is 281 g/mol. The number of methoxy groups -OCH3 is 2. The highest BCUT2D eigenvalue weighted by molar-refractivity contribution is 5.28. The molecule has 0 saturated carbocycles. The van der Waals surface area contributed by atoms with Gasteiger partial charge in [0.1, 0.15) is 5.75 Å². The molecule has 0 fully saturated rings. The predicted molar refractivity (Wildman–Crippen MR) is 81.1 cm³/mol. The zero-order valence-electron chi connectivity index (χ0n) is 13.0. The zero-order valence-corrected chi connectivity index (χ0v) is 13.0. The molecular formula is C16H27NO3. The molecule has 1 unspecified atom stereocenters.